The van der Waals surface area contributed by atoms with E-state index in [-0.39, 0.29) is 24.8 Å². The van der Waals surface area contributed by atoms with Crippen molar-refractivity contribution in [3.05, 3.63) is 53.1 Å². The van der Waals surface area contributed by atoms with Gasteiger partial charge in [-0.3, -0.25) is 9.59 Å². The van der Waals surface area contributed by atoms with Crippen LogP contribution >= 0.6 is 0 Å². The average Bonchev–Trinajstić information content (AvgIpc) is 2.63. The maximum Gasteiger partial charge on any atom is 0.251 e. The predicted octanol–water partition coefficient (Wildman–Crippen LogP) is 3.08. The van der Waals surface area contributed by atoms with Crippen LogP contribution in [0.1, 0.15) is 27.9 Å². The van der Waals surface area contributed by atoms with Gasteiger partial charge in [-0.2, -0.15) is 0 Å². The minimum atomic E-state index is -0.290. The molecule has 0 heterocycles. The highest BCUT2D eigenvalue weighted by molar-refractivity contribution is 5.96. The van der Waals surface area contributed by atoms with Crippen LogP contribution in [0.3, 0.4) is 0 Å². The zero-order valence-corrected chi connectivity index (χ0v) is 15.5. The molecule has 0 saturated carbocycles. The van der Waals surface area contributed by atoms with E-state index >= 15 is 0 Å². The number of hydrogen-bond acceptors (Lipinski definition) is 4. The number of hydrogen-bond donors (Lipinski definition) is 2. The molecule has 0 radical (unpaired) electrons. The van der Waals surface area contributed by atoms with Gasteiger partial charge in [0, 0.05) is 30.3 Å². The molecule has 0 fully saturated rings. The van der Waals surface area contributed by atoms with Gasteiger partial charge in [-0.1, -0.05) is 17.7 Å². The summed E-state index contributed by atoms with van der Waals surface area (Å²) in [4.78, 5) is 24.3. The number of methoxy groups -OCH3 is 2. The molecular formula is C20H24N2O4. The highest BCUT2D eigenvalue weighted by Crippen LogP contribution is 2.22. The van der Waals surface area contributed by atoms with E-state index in [9.17, 15) is 9.59 Å². The summed E-state index contributed by atoms with van der Waals surface area (Å²) in [7, 11) is 3.04. The zero-order valence-electron chi connectivity index (χ0n) is 15.5. The third-order valence-electron chi connectivity index (χ3n) is 3.91. The lowest BCUT2D eigenvalue weighted by molar-refractivity contribution is -0.116. The Hall–Kier alpha value is -3.02. The van der Waals surface area contributed by atoms with Crippen molar-refractivity contribution in [1.29, 1.82) is 0 Å². The number of rotatable bonds is 7. The first-order chi connectivity index (χ1) is 12.4. The van der Waals surface area contributed by atoms with Gasteiger partial charge in [0.1, 0.15) is 11.5 Å². The van der Waals surface area contributed by atoms with E-state index < -0.39 is 0 Å². The summed E-state index contributed by atoms with van der Waals surface area (Å²) in [5, 5.41) is 5.59. The second kappa shape index (κ2) is 8.89. The van der Waals surface area contributed by atoms with Crippen molar-refractivity contribution in [3.8, 4) is 11.5 Å². The molecule has 0 aromatic heterocycles. The Kier molecular flexibility index (Phi) is 6.60. The summed E-state index contributed by atoms with van der Waals surface area (Å²) in [5.74, 6) is 0.617. The van der Waals surface area contributed by atoms with Gasteiger partial charge in [0.15, 0.2) is 0 Å². The topological polar surface area (TPSA) is 76.7 Å². The summed E-state index contributed by atoms with van der Waals surface area (Å²) in [6.07, 6.45) is 0.181. The fourth-order valence-electron chi connectivity index (χ4n) is 2.50. The summed E-state index contributed by atoms with van der Waals surface area (Å²) in [6, 6.07) is 10.8. The van der Waals surface area contributed by atoms with E-state index in [1.807, 2.05) is 32.0 Å². The van der Waals surface area contributed by atoms with Gasteiger partial charge >= 0.3 is 0 Å². The summed E-state index contributed by atoms with van der Waals surface area (Å²) in [5.41, 5.74) is 3.34. The third-order valence-corrected chi connectivity index (χ3v) is 3.91. The third kappa shape index (κ3) is 5.24. The molecule has 6 heteroatoms. The maximum atomic E-state index is 12.3. The lowest BCUT2D eigenvalue weighted by Crippen LogP contribution is -2.27. The molecule has 0 saturated heterocycles. The van der Waals surface area contributed by atoms with Crippen molar-refractivity contribution < 1.29 is 19.1 Å². The lowest BCUT2D eigenvalue weighted by Gasteiger charge is -2.11. The molecule has 0 aliphatic rings. The fraction of sp³-hybridized carbons (Fsp3) is 0.300. The summed E-state index contributed by atoms with van der Waals surface area (Å²) in [6.45, 7) is 4.18. The molecule has 0 atom stereocenters. The predicted molar refractivity (Wildman–Crippen MR) is 101 cm³/mol. The van der Waals surface area contributed by atoms with Crippen LogP contribution in [-0.2, 0) is 4.79 Å². The van der Waals surface area contributed by atoms with Crippen LogP contribution in [0.25, 0.3) is 0 Å². The summed E-state index contributed by atoms with van der Waals surface area (Å²) < 4.78 is 10.3. The first-order valence-electron chi connectivity index (χ1n) is 8.31. The molecule has 2 amide bonds. The monoisotopic (exact) mass is 356 g/mol. The van der Waals surface area contributed by atoms with E-state index in [1.165, 1.54) is 14.2 Å². The Morgan fingerprint density at radius 3 is 2.19 bits per heavy atom. The van der Waals surface area contributed by atoms with Crippen molar-refractivity contribution in [1.82, 2.24) is 5.32 Å². The highest BCUT2D eigenvalue weighted by Gasteiger charge is 2.11. The van der Waals surface area contributed by atoms with Crippen LogP contribution < -0.4 is 20.1 Å². The molecule has 26 heavy (non-hydrogen) atoms. The number of benzene rings is 2. The Bertz CT molecular complexity index is 780. The van der Waals surface area contributed by atoms with Gasteiger partial charge in [0.25, 0.3) is 5.91 Å². The molecule has 2 aromatic carbocycles. The fourth-order valence-corrected chi connectivity index (χ4v) is 2.50. The van der Waals surface area contributed by atoms with E-state index in [0.717, 1.165) is 16.8 Å². The maximum absolute atomic E-state index is 12.3. The highest BCUT2D eigenvalue weighted by atomic mass is 16.5. The first kappa shape index (κ1) is 19.3. The van der Waals surface area contributed by atoms with Gasteiger partial charge in [0.2, 0.25) is 5.91 Å². The Balaban J connectivity index is 1.88. The molecule has 2 rings (SSSR count). The lowest BCUT2D eigenvalue weighted by atomic mass is 10.1. The van der Waals surface area contributed by atoms with Crippen LogP contribution in [0.2, 0.25) is 0 Å². The number of ether oxygens (including phenoxy) is 2. The molecule has 0 spiro atoms. The molecular weight excluding hydrogens is 332 g/mol. The number of carbonyl (C=O) groups is 2. The van der Waals surface area contributed by atoms with E-state index in [1.54, 1.807) is 18.2 Å². The summed E-state index contributed by atoms with van der Waals surface area (Å²) >= 11 is 0. The number of nitrogens with one attached hydrogen (secondary N) is 2. The largest absolute Gasteiger partial charge is 0.497 e. The smallest absolute Gasteiger partial charge is 0.251 e. The second-order valence-corrected chi connectivity index (χ2v) is 5.97. The number of carbonyl (C=O) groups excluding carboxylic acids is 2. The van der Waals surface area contributed by atoms with Crippen molar-refractivity contribution in [2.45, 2.75) is 20.3 Å². The van der Waals surface area contributed by atoms with Crippen molar-refractivity contribution >= 4 is 17.5 Å². The molecule has 0 unspecified atom stereocenters. The van der Waals surface area contributed by atoms with Crippen molar-refractivity contribution in [2.75, 3.05) is 26.1 Å². The van der Waals surface area contributed by atoms with Crippen LogP contribution in [0, 0.1) is 13.8 Å². The van der Waals surface area contributed by atoms with Crippen LogP contribution in [0.15, 0.2) is 36.4 Å². The second-order valence-electron chi connectivity index (χ2n) is 5.97. The molecule has 0 aliphatic carbocycles. The van der Waals surface area contributed by atoms with Crippen molar-refractivity contribution in [3.63, 3.8) is 0 Å². The molecule has 2 N–H and O–H groups in total. The van der Waals surface area contributed by atoms with Crippen LogP contribution in [0.5, 0.6) is 11.5 Å². The Morgan fingerprint density at radius 1 is 0.962 bits per heavy atom. The van der Waals surface area contributed by atoms with Crippen molar-refractivity contribution in [2.24, 2.45) is 0 Å². The average molecular weight is 356 g/mol. The molecule has 0 bridgehead atoms. The van der Waals surface area contributed by atoms with Gasteiger partial charge in [-0.15, -0.1) is 0 Å². The van der Waals surface area contributed by atoms with Gasteiger partial charge < -0.3 is 20.1 Å². The normalized spacial score (nSPS) is 10.2. The molecule has 138 valence electrons. The number of anilines is 1. The SMILES string of the molecule is COc1cc(OC)cc(C(=O)NCCC(=O)Nc2ccc(C)cc2C)c1. The van der Waals surface area contributed by atoms with Crippen LogP contribution in [0.4, 0.5) is 5.69 Å². The zero-order chi connectivity index (χ0) is 19.1. The first-order valence-corrected chi connectivity index (χ1v) is 8.31. The Labute approximate surface area is 153 Å². The van der Waals surface area contributed by atoms with Gasteiger partial charge in [-0.25, -0.2) is 0 Å². The Morgan fingerprint density at radius 2 is 1.62 bits per heavy atom. The number of aryl methyl sites for hydroxylation is 2. The van der Waals surface area contributed by atoms with E-state index in [2.05, 4.69) is 10.6 Å². The van der Waals surface area contributed by atoms with E-state index in [4.69, 9.17) is 9.47 Å². The number of amides is 2. The quantitative estimate of drug-likeness (QED) is 0.799. The van der Waals surface area contributed by atoms with Crippen LogP contribution in [-0.4, -0.2) is 32.6 Å². The van der Waals surface area contributed by atoms with Gasteiger partial charge in [0.05, 0.1) is 14.2 Å². The standard InChI is InChI=1S/C20H24N2O4/c1-13-5-6-18(14(2)9-13)22-19(23)7-8-21-20(24)15-10-16(25-3)12-17(11-15)26-4/h5-6,9-12H,7-8H2,1-4H3,(H,21,24)(H,22,23). The van der Waals surface area contributed by atoms with E-state index in [0.29, 0.717) is 17.1 Å². The molecule has 2 aromatic rings. The molecule has 0 aliphatic heterocycles. The minimum absolute atomic E-state index is 0.152. The molecule has 6 nitrogen and oxygen atoms in total. The minimum Gasteiger partial charge on any atom is -0.497 e. The van der Waals surface area contributed by atoms with Gasteiger partial charge in [-0.05, 0) is 37.6 Å².